The summed E-state index contributed by atoms with van der Waals surface area (Å²) >= 11 is 0. The molecule has 2 fully saturated rings. The molecule has 0 spiro atoms. The van der Waals surface area contributed by atoms with Gasteiger partial charge in [0.15, 0.2) is 0 Å². The fourth-order valence-corrected chi connectivity index (χ4v) is 7.31. The molecule has 2 aromatic carbocycles. The lowest BCUT2D eigenvalue weighted by atomic mass is 9.87. The van der Waals surface area contributed by atoms with Crippen LogP contribution in [0.15, 0.2) is 59.5 Å². The molecule has 220 valence electrons. The van der Waals surface area contributed by atoms with E-state index in [1.807, 2.05) is 44.2 Å². The molecule has 2 heterocycles. The summed E-state index contributed by atoms with van der Waals surface area (Å²) in [6.07, 6.45) is -1.97. The smallest absolute Gasteiger partial charge is 0.407 e. The number of hydrogen-bond acceptors (Lipinski definition) is 7. The number of ether oxygens (including phenoxy) is 3. The number of nitrogens with zero attached hydrogens (tertiary/aromatic N) is 2. The molecular weight excluding hydrogens is 536 g/mol. The Labute approximate surface area is 236 Å². The standard InChI is InChI=1S/C29H40N2O8S/c1-20(2)16-30(40(35,36)23-11-9-22(37-3)10-12-23)17-27(32)26(15-21-7-5-4-6-8-21)31(29(33)34)25-13-14-39-28-19-38-18-24(25)28/h4-12,20,24-28,32H,13-19H2,1-3H3,(H,33,34)/t24-,25+,26+,27-,28+/m1/s1. The summed E-state index contributed by atoms with van der Waals surface area (Å²) in [5, 5.41) is 22.2. The minimum Gasteiger partial charge on any atom is -0.497 e. The first-order valence-corrected chi connectivity index (χ1v) is 15.1. The molecule has 5 atom stereocenters. The molecule has 4 rings (SSSR count). The van der Waals surface area contributed by atoms with E-state index < -0.39 is 34.3 Å². The number of aliphatic hydroxyl groups excluding tert-OH is 1. The van der Waals surface area contributed by atoms with E-state index in [1.54, 1.807) is 12.1 Å². The maximum absolute atomic E-state index is 13.7. The highest BCUT2D eigenvalue weighted by molar-refractivity contribution is 7.89. The van der Waals surface area contributed by atoms with Crippen molar-refractivity contribution in [1.29, 1.82) is 0 Å². The molecule has 0 aliphatic carbocycles. The van der Waals surface area contributed by atoms with Crippen LogP contribution < -0.4 is 4.74 Å². The van der Waals surface area contributed by atoms with Crippen molar-refractivity contribution in [2.24, 2.45) is 11.8 Å². The van der Waals surface area contributed by atoms with Crippen LogP contribution in [-0.2, 0) is 25.9 Å². The lowest BCUT2D eigenvalue weighted by Crippen LogP contribution is -2.60. The molecule has 40 heavy (non-hydrogen) atoms. The molecular formula is C29H40N2O8S. The van der Waals surface area contributed by atoms with Crippen LogP contribution in [0, 0.1) is 11.8 Å². The number of fused-ring (bicyclic) bond motifs is 1. The molecule has 0 radical (unpaired) electrons. The van der Waals surface area contributed by atoms with Crippen molar-refractivity contribution in [1.82, 2.24) is 9.21 Å². The van der Waals surface area contributed by atoms with Gasteiger partial charge in [-0.2, -0.15) is 4.31 Å². The van der Waals surface area contributed by atoms with Gasteiger partial charge in [-0.05, 0) is 48.6 Å². The highest BCUT2D eigenvalue weighted by atomic mass is 32.2. The maximum Gasteiger partial charge on any atom is 0.407 e. The average Bonchev–Trinajstić information content (AvgIpc) is 3.42. The third-order valence-corrected chi connectivity index (χ3v) is 9.48. The summed E-state index contributed by atoms with van der Waals surface area (Å²) in [5.41, 5.74) is 0.845. The monoisotopic (exact) mass is 576 g/mol. The van der Waals surface area contributed by atoms with E-state index in [2.05, 4.69) is 0 Å². The summed E-state index contributed by atoms with van der Waals surface area (Å²) < 4.78 is 45.4. The predicted molar refractivity (Wildman–Crippen MR) is 149 cm³/mol. The van der Waals surface area contributed by atoms with E-state index in [1.165, 1.54) is 28.4 Å². The van der Waals surface area contributed by atoms with Crippen molar-refractivity contribution in [3.05, 3.63) is 60.2 Å². The van der Waals surface area contributed by atoms with Crippen molar-refractivity contribution in [2.75, 3.05) is 40.0 Å². The zero-order valence-corrected chi connectivity index (χ0v) is 24.1. The van der Waals surface area contributed by atoms with Crippen LogP contribution in [0.3, 0.4) is 0 Å². The number of amides is 1. The summed E-state index contributed by atoms with van der Waals surface area (Å²) in [4.78, 5) is 14.3. The molecule has 11 heteroatoms. The third-order valence-electron chi connectivity index (χ3n) is 7.63. The molecule has 0 bridgehead atoms. The van der Waals surface area contributed by atoms with E-state index >= 15 is 0 Å². The fourth-order valence-electron chi connectivity index (χ4n) is 5.69. The van der Waals surface area contributed by atoms with E-state index in [0.717, 1.165) is 5.56 Å². The van der Waals surface area contributed by atoms with E-state index in [0.29, 0.717) is 32.0 Å². The highest BCUT2D eigenvalue weighted by Crippen LogP contribution is 2.33. The van der Waals surface area contributed by atoms with Crippen LogP contribution in [0.25, 0.3) is 0 Å². The molecule has 2 saturated heterocycles. The lowest BCUT2D eigenvalue weighted by molar-refractivity contribution is -0.0676. The van der Waals surface area contributed by atoms with Gasteiger partial charge >= 0.3 is 6.09 Å². The van der Waals surface area contributed by atoms with Crippen molar-refractivity contribution in [3.8, 4) is 5.75 Å². The second-order valence-electron chi connectivity index (χ2n) is 10.9. The molecule has 0 unspecified atom stereocenters. The van der Waals surface area contributed by atoms with Gasteiger partial charge in [-0.3, -0.25) is 4.90 Å². The number of rotatable bonds is 12. The molecule has 2 aliphatic heterocycles. The summed E-state index contributed by atoms with van der Waals surface area (Å²) in [5.74, 6) is 0.334. The molecule has 2 N–H and O–H groups in total. The predicted octanol–water partition coefficient (Wildman–Crippen LogP) is 3.10. The van der Waals surface area contributed by atoms with Gasteiger partial charge in [0.1, 0.15) is 5.75 Å². The van der Waals surface area contributed by atoms with Gasteiger partial charge in [0, 0.05) is 31.7 Å². The number of benzene rings is 2. The van der Waals surface area contributed by atoms with Gasteiger partial charge in [-0.25, -0.2) is 13.2 Å². The Kier molecular flexibility index (Phi) is 10.1. The van der Waals surface area contributed by atoms with Crippen LogP contribution in [0.1, 0.15) is 25.8 Å². The number of sulfonamides is 1. The summed E-state index contributed by atoms with van der Waals surface area (Å²) in [6.45, 7) is 4.86. The van der Waals surface area contributed by atoms with Crippen molar-refractivity contribution in [3.63, 3.8) is 0 Å². The third kappa shape index (κ3) is 6.95. The van der Waals surface area contributed by atoms with Gasteiger partial charge in [-0.1, -0.05) is 44.2 Å². The Morgan fingerprint density at radius 1 is 1.07 bits per heavy atom. The fraction of sp³-hybridized carbons (Fsp3) is 0.552. The Balaban J connectivity index is 1.68. The largest absolute Gasteiger partial charge is 0.497 e. The van der Waals surface area contributed by atoms with E-state index in [4.69, 9.17) is 14.2 Å². The molecule has 0 aromatic heterocycles. The zero-order valence-electron chi connectivity index (χ0n) is 23.3. The van der Waals surface area contributed by atoms with Gasteiger partial charge in [0.2, 0.25) is 10.0 Å². The highest BCUT2D eigenvalue weighted by Gasteiger charge is 2.46. The Morgan fingerprint density at radius 3 is 2.40 bits per heavy atom. The Hall–Kier alpha value is -2.70. The van der Waals surface area contributed by atoms with Crippen molar-refractivity contribution >= 4 is 16.1 Å². The second-order valence-corrected chi connectivity index (χ2v) is 12.8. The quantitative estimate of drug-likeness (QED) is 0.395. The maximum atomic E-state index is 13.7. The van der Waals surface area contributed by atoms with Crippen LogP contribution in [0.2, 0.25) is 0 Å². The topological polar surface area (TPSA) is 126 Å². The van der Waals surface area contributed by atoms with Gasteiger partial charge in [0.25, 0.3) is 0 Å². The summed E-state index contributed by atoms with van der Waals surface area (Å²) in [7, 11) is -2.49. The first-order valence-electron chi connectivity index (χ1n) is 13.7. The lowest BCUT2D eigenvalue weighted by Gasteiger charge is -2.44. The SMILES string of the molecule is COc1ccc(S(=O)(=O)N(CC(C)C)C[C@@H](O)[C@H](Cc2ccccc2)N(C(=O)O)[C@H]2CCO[C@H]3COC[C@@H]32)cc1. The Bertz CT molecular complexity index is 1210. The number of hydrogen-bond donors (Lipinski definition) is 2. The number of carboxylic acid groups (broad SMARTS) is 1. The van der Waals surface area contributed by atoms with E-state index in [-0.39, 0.29) is 42.3 Å². The summed E-state index contributed by atoms with van der Waals surface area (Å²) in [6, 6.07) is 14.1. The zero-order chi connectivity index (χ0) is 28.9. The number of carbonyl (C=O) groups is 1. The van der Waals surface area contributed by atoms with Gasteiger partial charge in [0.05, 0.1) is 43.5 Å². The average molecular weight is 577 g/mol. The number of aliphatic hydroxyl groups is 1. The van der Waals surface area contributed by atoms with Crippen LogP contribution in [0.5, 0.6) is 5.75 Å². The second kappa shape index (κ2) is 13.3. The molecule has 0 saturated carbocycles. The first-order chi connectivity index (χ1) is 19.1. The number of methoxy groups -OCH3 is 1. The van der Waals surface area contributed by atoms with Crippen LogP contribution >= 0.6 is 0 Å². The first kappa shape index (κ1) is 30.3. The molecule has 2 aromatic rings. The normalized spacial score (nSPS) is 22.6. The minimum absolute atomic E-state index is 0.0322. The van der Waals surface area contributed by atoms with Gasteiger partial charge in [-0.15, -0.1) is 0 Å². The van der Waals surface area contributed by atoms with E-state index in [9.17, 15) is 23.4 Å². The molecule has 10 nitrogen and oxygen atoms in total. The van der Waals surface area contributed by atoms with Crippen molar-refractivity contribution in [2.45, 2.75) is 55.9 Å². The minimum atomic E-state index is -4.00. The molecule has 2 aliphatic rings. The van der Waals surface area contributed by atoms with Crippen LogP contribution in [-0.4, -0.2) is 98.2 Å². The van der Waals surface area contributed by atoms with Gasteiger partial charge < -0.3 is 24.4 Å². The van der Waals surface area contributed by atoms with Crippen LogP contribution in [0.4, 0.5) is 4.79 Å². The Morgan fingerprint density at radius 2 is 1.77 bits per heavy atom. The van der Waals surface area contributed by atoms with Crippen molar-refractivity contribution < 1.29 is 37.6 Å². The molecule has 1 amide bonds.